The van der Waals surface area contributed by atoms with E-state index in [2.05, 4.69) is 6.08 Å². The van der Waals surface area contributed by atoms with Gasteiger partial charge < -0.3 is 19.8 Å². The molecule has 1 N–H and O–H groups in total. The van der Waals surface area contributed by atoms with E-state index in [4.69, 9.17) is 11.6 Å². The summed E-state index contributed by atoms with van der Waals surface area (Å²) in [6, 6.07) is 5.73. The van der Waals surface area contributed by atoms with Crippen LogP contribution < -0.4 is 4.90 Å². The number of rotatable bonds is 6. The SMILES string of the molecule is CCCN1CC=C[C@]2(C)S[C@]34C=CCN(c5ccc(Cl)cc5)C(=O)C3N([C@@H](CC)CO)C(=O)[C@@H]4[C@@H]2C1=O. The minimum atomic E-state index is -0.924. The maximum atomic E-state index is 14.4. The molecule has 1 unspecified atom stereocenters. The third kappa shape index (κ3) is 3.94. The lowest BCUT2D eigenvalue weighted by Gasteiger charge is -2.39. The van der Waals surface area contributed by atoms with Gasteiger partial charge in [0.05, 0.1) is 29.2 Å². The van der Waals surface area contributed by atoms with E-state index in [9.17, 15) is 19.5 Å². The predicted molar refractivity (Wildman–Crippen MR) is 146 cm³/mol. The summed E-state index contributed by atoms with van der Waals surface area (Å²) in [4.78, 5) is 47.9. The predicted octanol–water partition coefficient (Wildman–Crippen LogP) is 3.51. The molecule has 0 aliphatic carbocycles. The van der Waals surface area contributed by atoms with Crippen LogP contribution in [-0.2, 0) is 14.4 Å². The topological polar surface area (TPSA) is 81.2 Å². The molecular formula is C28H34ClN3O4S. The highest BCUT2D eigenvalue weighted by atomic mass is 35.5. The van der Waals surface area contributed by atoms with Crippen molar-refractivity contribution in [1.82, 2.24) is 9.80 Å². The Morgan fingerprint density at radius 2 is 1.73 bits per heavy atom. The van der Waals surface area contributed by atoms with Crippen LogP contribution in [-0.4, -0.2) is 80.4 Å². The molecule has 4 aliphatic rings. The van der Waals surface area contributed by atoms with Gasteiger partial charge in [0.2, 0.25) is 11.8 Å². The lowest BCUT2D eigenvalue weighted by Crippen LogP contribution is -2.56. The fourth-order valence-corrected chi connectivity index (χ4v) is 8.91. The monoisotopic (exact) mass is 543 g/mol. The largest absolute Gasteiger partial charge is 0.394 e. The van der Waals surface area contributed by atoms with Crippen molar-refractivity contribution in [2.24, 2.45) is 11.8 Å². The van der Waals surface area contributed by atoms with Gasteiger partial charge in [0.1, 0.15) is 6.04 Å². The fraction of sp³-hybridized carbons (Fsp3) is 0.536. The normalized spacial score (nSPS) is 33.8. The summed E-state index contributed by atoms with van der Waals surface area (Å²) in [5, 5.41) is 10.8. The second-order valence-electron chi connectivity index (χ2n) is 10.5. The number of halogens is 1. The van der Waals surface area contributed by atoms with E-state index in [0.29, 0.717) is 36.8 Å². The van der Waals surface area contributed by atoms with E-state index in [0.717, 1.165) is 6.42 Å². The van der Waals surface area contributed by atoms with Crippen molar-refractivity contribution in [2.75, 3.05) is 31.1 Å². The van der Waals surface area contributed by atoms with Crippen LogP contribution in [0.3, 0.4) is 0 Å². The van der Waals surface area contributed by atoms with E-state index < -0.39 is 33.4 Å². The highest BCUT2D eigenvalue weighted by molar-refractivity contribution is 8.02. The molecule has 4 heterocycles. The van der Waals surface area contributed by atoms with Crippen molar-refractivity contribution >= 4 is 46.8 Å². The lowest BCUT2D eigenvalue weighted by atomic mass is 9.74. The number of benzene rings is 1. The summed E-state index contributed by atoms with van der Waals surface area (Å²) in [6.07, 6.45) is 9.39. The van der Waals surface area contributed by atoms with Gasteiger partial charge in [-0.25, -0.2) is 0 Å². The number of carbonyl (C=O) groups excluding carboxylic acids is 3. The van der Waals surface area contributed by atoms with Crippen molar-refractivity contribution in [3.05, 3.63) is 53.6 Å². The Morgan fingerprint density at radius 1 is 1.03 bits per heavy atom. The standard InChI is InChI=1S/C28H34ClN3O4S/c1-4-14-30-15-6-12-27(3)21(24(30)34)22-25(35)32(19(5-2)17-33)23-26(36)31(16-7-13-28(22,23)37-27)20-10-8-18(29)9-11-20/h6-13,19,21-23,33H,4-5,14-17H2,1-3H3/t19-,21+,22-,23?,27-,28-/m0/s1. The van der Waals surface area contributed by atoms with E-state index in [1.54, 1.807) is 45.8 Å². The highest BCUT2D eigenvalue weighted by Crippen LogP contribution is 2.66. The minimum Gasteiger partial charge on any atom is -0.394 e. The van der Waals surface area contributed by atoms with E-state index >= 15 is 0 Å². The second kappa shape index (κ2) is 9.79. The zero-order valence-corrected chi connectivity index (χ0v) is 23.0. The number of carbonyl (C=O) groups is 3. The number of amides is 3. The van der Waals surface area contributed by atoms with Crippen LogP contribution >= 0.6 is 23.4 Å². The summed E-state index contributed by atoms with van der Waals surface area (Å²) >= 11 is 7.67. The number of likely N-dealkylation sites (tertiary alicyclic amines) is 1. The first kappa shape index (κ1) is 26.3. The first-order valence-corrected chi connectivity index (χ1v) is 14.3. The number of thioether (sulfide) groups is 1. The van der Waals surface area contributed by atoms with Gasteiger partial charge in [-0.3, -0.25) is 14.4 Å². The third-order valence-electron chi connectivity index (χ3n) is 8.29. The fourth-order valence-electron chi connectivity index (χ4n) is 6.64. The van der Waals surface area contributed by atoms with E-state index in [1.165, 1.54) is 0 Å². The molecule has 0 aromatic heterocycles. The average Bonchev–Trinajstić information content (AvgIpc) is 3.15. The maximum Gasteiger partial charge on any atom is 0.251 e. The number of aliphatic hydroxyl groups is 1. The van der Waals surface area contributed by atoms with E-state index in [-0.39, 0.29) is 24.3 Å². The third-order valence-corrected chi connectivity index (χ3v) is 10.3. The zero-order chi connectivity index (χ0) is 26.5. The maximum absolute atomic E-state index is 14.4. The molecule has 1 spiro atoms. The highest BCUT2D eigenvalue weighted by Gasteiger charge is 2.74. The molecule has 0 bridgehead atoms. The molecule has 0 radical (unpaired) electrons. The molecule has 9 heteroatoms. The molecule has 3 amide bonds. The first-order valence-electron chi connectivity index (χ1n) is 13.1. The Balaban J connectivity index is 1.66. The summed E-state index contributed by atoms with van der Waals surface area (Å²) in [7, 11) is 0. The first-order chi connectivity index (χ1) is 17.7. The zero-order valence-electron chi connectivity index (χ0n) is 21.5. The van der Waals surface area contributed by atoms with Crippen molar-refractivity contribution in [1.29, 1.82) is 0 Å². The van der Waals surface area contributed by atoms with Crippen LogP contribution in [0.5, 0.6) is 0 Å². The van der Waals surface area contributed by atoms with Crippen LogP contribution in [0.2, 0.25) is 5.02 Å². The number of aliphatic hydroxyl groups excluding tert-OH is 1. The quantitative estimate of drug-likeness (QED) is 0.555. The van der Waals surface area contributed by atoms with Gasteiger partial charge in [-0.15, -0.1) is 11.8 Å². The Kier molecular flexibility index (Phi) is 6.96. The average molecular weight is 544 g/mol. The molecule has 0 saturated carbocycles. The molecule has 2 fully saturated rings. The van der Waals surface area contributed by atoms with Crippen LogP contribution in [0.15, 0.2) is 48.6 Å². The summed E-state index contributed by atoms with van der Waals surface area (Å²) in [6.45, 7) is 7.21. The van der Waals surface area contributed by atoms with Gasteiger partial charge in [0.25, 0.3) is 5.91 Å². The lowest BCUT2D eigenvalue weighted by molar-refractivity contribution is -0.145. The number of fused-ring (bicyclic) bond motifs is 2. The van der Waals surface area contributed by atoms with Crippen molar-refractivity contribution < 1.29 is 19.5 Å². The molecule has 4 aliphatic heterocycles. The molecule has 7 nitrogen and oxygen atoms in total. The van der Waals surface area contributed by atoms with Gasteiger partial charge in [-0.05, 0) is 44.0 Å². The Bertz CT molecular complexity index is 1150. The number of nitrogens with zero attached hydrogens (tertiary/aromatic N) is 3. The molecule has 6 atom stereocenters. The Labute approximate surface area is 227 Å². The summed E-state index contributed by atoms with van der Waals surface area (Å²) in [5.74, 6) is -1.76. The van der Waals surface area contributed by atoms with Crippen molar-refractivity contribution in [3.8, 4) is 0 Å². The summed E-state index contributed by atoms with van der Waals surface area (Å²) in [5.41, 5.74) is 0.692. The summed E-state index contributed by atoms with van der Waals surface area (Å²) < 4.78 is -1.56. The Hall–Kier alpha value is -2.29. The van der Waals surface area contributed by atoms with Crippen molar-refractivity contribution in [2.45, 2.75) is 55.2 Å². The van der Waals surface area contributed by atoms with Gasteiger partial charge in [0, 0.05) is 35.1 Å². The molecule has 1 aromatic carbocycles. The van der Waals surface area contributed by atoms with E-state index in [1.807, 2.05) is 43.9 Å². The molecule has 37 heavy (non-hydrogen) atoms. The van der Waals surface area contributed by atoms with Crippen molar-refractivity contribution in [3.63, 3.8) is 0 Å². The number of hydrogen-bond acceptors (Lipinski definition) is 5. The number of anilines is 1. The van der Waals surface area contributed by atoms with Gasteiger partial charge in [-0.2, -0.15) is 0 Å². The van der Waals surface area contributed by atoms with Gasteiger partial charge in [0.15, 0.2) is 0 Å². The smallest absolute Gasteiger partial charge is 0.251 e. The van der Waals surface area contributed by atoms with Crippen LogP contribution in [0.1, 0.15) is 33.6 Å². The molecule has 5 rings (SSSR count). The van der Waals surface area contributed by atoms with Crippen LogP contribution in [0, 0.1) is 11.8 Å². The molecule has 2 saturated heterocycles. The van der Waals surface area contributed by atoms with Crippen LogP contribution in [0.4, 0.5) is 5.69 Å². The van der Waals surface area contributed by atoms with Crippen LogP contribution in [0.25, 0.3) is 0 Å². The molecule has 198 valence electrons. The second-order valence-corrected chi connectivity index (χ2v) is 12.7. The van der Waals surface area contributed by atoms with Gasteiger partial charge in [-0.1, -0.05) is 49.8 Å². The number of hydrogen-bond donors (Lipinski definition) is 1. The molecular weight excluding hydrogens is 510 g/mol. The molecule has 1 aromatic rings. The van der Waals surface area contributed by atoms with Gasteiger partial charge >= 0.3 is 0 Å². The minimum absolute atomic E-state index is 0.0330. The Morgan fingerprint density at radius 3 is 2.38 bits per heavy atom.